The van der Waals surface area contributed by atoms with Crippen molar-refractivity contribution in [2.75, 3.05) is 32.0 Å². The summed E-state index contributed by atoms with van der Waals surface area (Å²) in [5.41, 5.74) is 2.17. The Morgan fingerprint density at radius 3 is 1.30 bits per heavy atom. The number of nitrogens with zero attached hydrogens (tertiary/aromatic N) is 4. The highest BCUT2D eigenvalue weighted by Gasteiger charge is 2.33. The molecule has 0 unspecified atom stereocenters. The lowest BCUT2D eigenvalue weighted by Gasteiger charge is -2.15. The maximum atomic E-state index is 14.5. The molecule has 0 aliphatic heterocycles. The second-order valence-electron chi connectivity index (χ2n) is 12.7. The molecule has 3 amide bonds. The van der Waals surface area contributed by atoms with Gasteiger partial charge in [0, 0.05) is 12.1 Å². The number of rotatable bonds is 14. The Labute approximate surface area is 378 Å². The number of esters is 1. The number of nitrogens with two attached hydrogens (primary N) is 1. The van der Waals surface area contributed by atoms with E-state index in [2.05, 4.69) is 44.8 Å². The highest BCUT2D eigenvalue weighted by molar-refractivity contribution is 6.07. The van der Waals surface area contributed by atoms with Gasteiger partial charge in [0.2, 0.25) is 0 Å². The molecular formula is C41H27F10N7O11. The quantitative estimate of drug-likeness (QED) is 0.0688. The lowest BCUT2D eigenvalue weighted by molar-refractivity contribution is -0.275. The van der Waals surface area contributed by atoms with Crippen molar-refractivity contribution in [2.24, 2.45) is 5.73 Å². The van der Waals surface area contributed by atoms with Crippen LogP contribution in [0.2, 0.25) is 0 Å². The second kappa shape index (κ2) is 21.5. The summed E-state index contributed by atoms with van der Waals surface area (Å²) < 4.78 is 164. The molecule has 2 aromatic carbocycles. The summed E-state index contributed by atoms with van der Waals surface area (Å²) in [4.78, 5) is 62.7. The first-order valence-electron chi connectivity index (χ1n) is 18.3. The Hall–Kier alpha value is -8.98. The van der Waals surface area contributed by atoms with Crippen molar-refractivity contribution >= 4 is 35.3 Å². The number of halogens is 10. The number of methoxy groups -OCH3 is 3. The van der Waals surface area contributed by atoms with E-state index in [1.54, 1.807) is 0 Å². The number of ether oxygens (including phenoxy) is 7. The number of pyridine rings is 4. The average molecular weight is 984 g/mol. The van der Waals surface area contributed by atoms with E-state index in [9.17, 15) is 63.1 Å². The van der Waals surface area contributed by atoms with Crippen LogP contribution in [0.15, 0.2) is 85.5 Å². The van der Waals surface area contributed by atoms with E-state index in [0.717, 1.165) is 94.4 Å². The van der Waals surface area contributed by atoms with E-state index in [4.69, 9.17) is 24.7 Å². The van der Waals surface area contributed by atoms with Gasteiger partial charge in [0.1, 0.15) is 34.3 Å². The van der Waals surface area contributed by atoms with E-state index < -0.39 is 105 Å². The van der Waals surface area contributed by atoms with Crippen molar-refractivity contribution in [1.82, 2.24) is 19.9 Å². The van der Waals surface area contributed by atoms with Gasteiger partial charge in [0.15, 0.2) is 69.2 Å². The number of hydrogen-bond acceptors (Lipinski definition) is 15. The third-order valence-electron chi connectivity index (χ3n) is 8.15. The molecule has 6 aromatic rings. The van der Waals surface area contributed by atoms with E-state index in [-0.39, 0.29) is 34.6 Å². The van der Waals surface area contributed by atoms with Gasteiger partial charge in [-0.15, -0.1) is 26.3 Å². The molecule has 6 rings (SSSR count). The van der Waals surface area contributed by atoms with Crippen LogP contribution >= 0.6 is 0 Å². The van der Waals surface area contributed by atoms with Gasteiger partial charge >= 0.3 is 18.7 Å². The Bertz CT molecular complexity index is 2910. The van der Waals surface area contributed by atoms with Gasteiger partial charge in [0.05, 0.1) is 46.1 Å². The minimum Gasteiger partial charge on any atom is -0.493 e. The lowest BCUT2D eigenvalue weighted by Crippen LogP contribution is -2.19. The molecule has 4 heterocycles. The average Bonchev–Trinajstić information content (AvgIpc) is 3.27. The van der Waals surface area contributed by atoms with E-state index in [0.29, 0.717) is 12.4 Å². The maximum absolute atomic E-state index is 14.5. The predicted octanol–water partition coefficient (Wildman–Crippen LogP) is 8.30. The number of alkyl halides is 6. The Morgan fingerprint density at radius 1 is 0.522 bits per heavy atom. The number of primary amides is 1. The highest BCUT2D eigenvalue weighted by atomic mass is 19.4. The molecule has 69 heavy (non-hydrogen) atoms. The summed E-state index contributed by atoms with van der Waals surface area (Å²) in [6.45, 7) is 0. The van der Waals surface area contributed by atoms with E-state index >= 15 is 0 Å². The van der Waals surface area contributed by atoms with Crippen LogP contribution in [0.4, 0.5) is 55.5 Å². The molecule has 4 aromatic heterocycles. The van der Waals surface area contributed by atoms with Crippen LogP contribution in [0.5, 0.6) is 46.0 Å². The van der Waals surface area contributed by atoms with Crippen LogP contribution in [0.1, 0.15) is 41.7 Å². The van der Waals surface area contributed by atoms with Gasteiger partial charge in [0.25, 0.3) is 17.7 Å². The van der Waals surface area contributed by atoms with Crippen molar-refractivity contribution in [1.29, 1.82) is 0 Å². The fraction of sp³-hybridized carbons (Fsp3) is 0.122. The predicted molar refractivity (Wildman–Crippen MR) is 212 cm³/mol. The summed E-state index contributed by atoms with van der Waals surface area (Å²) in [5.74, 6) is -12.5. The van der Waals surface area contributed by atoms with Gasteiger partial charge in [-0.3, -0.25) is 24.4 Å². The van der Waals surface area contributed by atoms with Crippen LogP contribution in [0.25, 0.3) is 0 Å². The summed E-state index contributed by atoms with van der Waals surface area (Å²) in [7, 11) is 3.27. The topological polar surface area (TPSA) is 235 Å². The molecule has 0 fully saturated rings. The number of aromatic nitrogens is 4. The normalized spacial score (nSPS) is 11.0. The minimum atomic E-state index is -4.95. The van der Waals surface area contributed by atoms with E-state index in [1.807, 2.05) is 0 Å². The SMILES string of the molecule is COC(=O)c1nc(NC(=O)c2c(F)cncc2Oc2ccc(OC(F)(F)F)cc2OC)ccc1F.COc1cc(OC(F)(F)F)ccc1Oc1cncc(F)c1C(=O)Nc1ccc(F)c(C(N)=O)n1. The van der Waals surface area contributed by atoms with Crippen LogP contribution in [0.3, 0.4) is 0 Å². The fourth-order valence-electron chi connectivity index (χ4n) is 5.32. The largest absolute Gasteiger partial charge is 0.573 e. The number of benzene rings is 2. The monoisotopic (exact) mass is 983 g/mol. The molecule has 362 valence electrons. The molecular weight excluding hydrogens is 956 g/mol. The van der Waals surface area contributed by atoms with Crippen molar-refractivity contribution in [3.05, 3.63) is 131 Å². The zero-order valence-corrected chi connectivity index (χ0v) is 34.7. The molecule has 28 heteroatoms. The number of carbonyl (C=O) groups excluding carboxylic acids is 4. The van der Waals surface area contributed by atoms with Crippen LogP contribution < -0.4 is 44.8 Å². The molecule has 0 aliphatic rings. The first kappa shape index (κ1) is 51.0. The standard InChI is InChI=1S/C21H14F5N3O6.C20H13F5N4O5/c1-32-14-7-10(35-21(24,25)26)3-5-13(14)34-15-9-27-8-12(23)17(15)19(30)29-16-6-4-11(22)18(28-16)20(31)33-2;1-32-13-6-9(34-20(23,24)25)2-4-12(13)33-14-8-27-7-11(22)16(14)19(31)29-15-5-3-10(21)17(28-15)18(26)30/h3-9H,1-2H3,(H,28,29,30);2-8H,1H3,(H2,26,30)(H,28,29,31). The molecule has 0 radical (unpaired) electrons. The minimum absolute atomic E-state index is 0.198. The number of amides is 3. The fourth-order valence-corrected chi connectivity index (χ4v) is 5.32. The van der Waals surface area contributed by atoms with Gasteiger partial charge < -0.3 is 49.5 Å². The molecule has 0 saturated carbocycles. The van der Waals surface area contributed by atoms with E-state index in [1.165, 1.54) is 0 Å². The first-order valence-corrected chi connectivity index (χ1v) is 18.3. The Balaban J connectivity index is 0.000000258. The smallest absolute Gasteiger partial charge is 0.493 e. The molecule has 0 spiro atoms. The van der Waals surface area contributed by atoms with Crippen molar-refractivity contribution in [2.45, 2.75) is 12.7 Å². The highest BCUT2D eigenvalue weighted by Crippen LogP contribution is 2.39. The van der Waals surface area contributed by atoms with Crippen LogP contribution in [-0.4, -0.2) is 77.7 Å². The van der Waals surface area contributed by atoms with Gasteiger partial charge in [-0.05, 0) is 48.5 Å². The van der Waals surface area contributed by atoms with Crippen molar-refractivity contribution in [3.63, 3.8) is 0 Å². The molecule has 4 N–H and O–H groups in total. The maximum Gasteiger partial charge on any atom is 0.573 e. The summed E-state index contributed by atoms with van der Waals surface area (Å²) in [5, 5.41) is 4.35. The summed E-state index contributed by atoms with van der Waals surface area (Å²) >= 11 is 0. The van der Waals surface area contributed by atoms with Gasteiger partial charge in [-0.25, -0.2) is 32.3 Å². The van der Waals surface area contributed by atoms with Crippen LogP contribution in [-0.2, 0) is 4.74 Å². The zero-order valence-electron chi connectivity index (χ0n) is 34.7. The van der Waals surface area contributed by atoms with Crippen molar-refractivity contribution < 1.29 is 96.2 Å². The molecule has 0 aliphatic carbocycles. The van der Waals surface area contributed by atoms with Gasteiger partial charge in [-0.2, -0.15) is 0 Å². The van der Waals surface area contributed by atoms with Crippen molar-refractivity contribution in [3.8, 4) is 46.0 Å². The molecule has 18 nitrogen and oxygen atoms in total. The number of hydrogen-bond donors (Lipinski definition) is 3. The molecule has 0 bridgehead atoms. The summed E-state index contributed by atoms with van der Waals surface area (Å²) in [6.07, 6.45) is -6.56. The third kappa shape index (κ3) is 13.5. The number of anilines is 2. The number of nitrogens with one attached hydrogen (secondary N) is 2. The molecule has 0 atom stereocenters. The first-order chi connectivity index (χ1) is 32.5. The number of carbonyl (C=O) groups is 4. The summed E-state index contributed by atoms with van der Waals surface area (Å²) in [6, 6.07) is 9.30. The Kier molecular flexibility index (Phi) is 15.9. The van der Waals surface area contributed by atoms with Crippen LogP contribution in [0, 0.1) is 23.3 Å². The third-order valence-corrected chi connectivity index (χ3v) is 8.15. The molecule has 0 saturated heterocycles. The van der Waals surface area contributed by atoms with Gasteiger partial charge in [-0.1, -0.05) is 0 Å². The lowest BCUT2D eigenvalue weighted by atomic mass is 10.2. The Morgan fingerprint density at radius 2 is 0.928 bits per heavy atom. The zero-order chi connectivity index (χ0) is 50.8. The second-order valence-corrected chi connectivity index (χ2v) is 12.7.